The Bertz CT molecular complexity index is 1330. The highest BCUT2D eigenvalue weighted by Gasteiger charge is 2.29. The van der Waals surface area contributed by atoms with Gasteiger partial charge in [-0.25, -0.2) is 13.4 Å². The van der Waals surface area contributed by atoms with Crippen molar-refractivity contribution in [3.63, 3.8) is 0 Å². The van der Waals surface area contributed by atoms with Gasteiger partial charge in [-0.1, -0.05) is 12.5 Å². The minimum atomic E-state index is -3.73. The van der Waals surface area contributed by atoms with Gasteiger partial charge in [0.1, 0.15) is 5.65 Å². The van der Waals surface area contributed by atoms with Gasteiger partial charge in [0.15, 0.2) is 5.76 Å². The molecule has 1 fully saturated rings. The fourth-order valence-electron chi connectivity index (χ4n) is 3.75. The Balaban J connectivity index is 1.25. The smallest absolute Gasteiger partial charge is 0.291 e. The maximum atomic E-state index is 12.7. The van der Waals surface area contributed by atoms with Crippen LogP contribution in [-0.4, -0.2) is 50.9 Å². The number of piperidine rings is 1. The topological polar surface area (TPSA) is 115 Å². The minimum absolute atomic E-state index is 0.0753. The third-order valence-electron chi connectivity index (χ3n) is 5.34. The largest absolute Gasteiger partial charge is 0.438 e. The van der Waals surface area contributed by atoms with Gasteiger partial charge in [0, 0.05) is 31.7 Å². The van der Waals surface area contributed by atoms with E-state index < -0.39 is 15.9 Å². The number of pyridine rings is 1. The van der Waals surface area contributed by atoms with Crippen LogP contribution in [0.5, 0.6) is 0 Å². The van der Waals surface area contributed by atoms with E-state index in [2.05, 4.69) is 15.4 Å². The van der Waals surface area contributed by atoms with Crippen molar-refractivity contribution in [2.45, 2.75) is 30.9 Å². The lowest BCUT2D eigenvalue weighted by Crippen LogP contribution is -2.35. The van der Waals surface area contributed by atoms with Crippen LogP contribution in [0.25, 0.3) is 5.65 Å². The Hall–Kier alpha value is -3.44. The van der Waals surface area contributed by atoms with Crippen molar-refractivity contribution < 1.29 is 17.6 Å². The molecule has 166 valence electrons. The molecular weight excluding hydrogens is 432 g/mol. The lowest BCUT2D eigenvalue weighted by Gasteiger charge is -2.24. The first-order valence-corrected chi connectivity index (χ1v) is 11.8. The number of carbonyl (C=O) groups excluding carboxylic acids is 1. The van der Waals surface area contributed by atoms with Crippen LogP contribution in [0.4, 0.5) is 5.69 Å². The summed E-state index contributed by atoms with van der Waals surface area (Å²) in [6.45, 7) is 1.38. The summed E-state index contributed by atoms with van der Waals surface area (Å²) in [6.07, 6.45) is 9.70. The predicted molar refractivity (Wildman–Crippen MR) is 116 cm³/mol. The van der Waals surface area contributed by atoms with E-state index in [0.717, 1.165) is 30.6 Å². The number of imidazole rings is 1. The standard InChI is InChI=1S/C21H22N6O4S/c28-21(18-7-8-20(31-18)32(29,30)27-10-3-1-4-11-27)24-16-12-22-26(14-16)15-17-13-25-9-5-2-6-19(25)23-17/h2,5-9,12-14H,1,3-4,10-11,15H2,(H,24,28). The van der Waals surface area contributed by atoms with Gasteiger partial charge in [-0.2, -0.15) is 9.40 Å². The summed E-state index contributed by atoms with van der Waals surface area (Å²) in [7, 11) is -3.73. The molecule has 10 nitrogen and oxygen atoms in total. The summed E-state index contributed by atoms with van der Waals surface area (Å²) >= 11 is 0. The van der Waals surface area contributed by atoms with Gasteiger partial charge in [0.05, 0.1) is 24.1 Å². The summed E-state index contributed by atoms with van der Waals surface area (Å²) < 4.78 is 35.8. The number of fused-ring (bicyclic) bond motifs is 1. The zero-order valence-electron chi connectivity index (χ0n) is 17.2. The number of rotatable bonds is 6. The average Bonchev–Trinajstić information content (AvgIpc) is 3.54. The second kappa shape index (κ2) is 8.24. The summed E-state index contributed by atoms with van der Waals surface area (Å²) in [5.41, 5.74) is 2.14. The number of nitrogens with zero attached hydrogens (tertiary/aromatic N) is 5. The molecule has 4 aromatic rings. The van der Waals surface area contributed by atoms with Crippen LogP contribution >= 0.6 is 0 Å². The molecule has 4 aromatic heterocycles. The molecule has 1 aliphatic rings. The molecular formula is C21H22N6O4S. The van der Waals surface area contributed by atoms with E-state index in [4.69, 9.17) is 4.42 Å². The molecule has 0 aromatic carbocycles. The van der Waals surface area contributed by atoms with Crippen LogP contribution in [-0.2, 0) is 16.6 Å². The molecule has 0 spiro atoms. The van der Waals surface area contributed by atoms with Crippen molar-refractivity contribution in [2.24, 2.45) is 0 Å². The third-order valence-corrected chi connectivity index (χ3v) is 7.12. The highest BCUT2D eigenvalue weighted by atomic mass is 32.2. The van der Waals surface area contributed by atoms with Gasteiger partial charge in [-0.3, -0.25) is 9.48 Å². The molecule has 1 saturated heterocycles. The van der Waals surface area contributed by atoms with Crippen LogP contribution in [0.3, 0.4) is 0 Å². The molecule has 11 heteroatoms. The van der Waals surface area contributed by atoms with Gasteiger partial charge < -0.3 is 14.1 Å². The number of sulfonamides is 1. The lowest BCUT2D eigenvalue weighted by atomic mass is 10.2. The van der Waals surface area contributed by atoms with Gasteiger partial charge in [-0.05, 0) is 37.1 Å². The average molecular weight is 455 g/mol. The molecule has 1 aliphatic heterocycles. The summed E-state index contributed by atoms with van der Waals surface area (Å²) in [6, 6.07) is 8.46. The Morgan fingerprint density at radius 1 is 1.09 bits per heavy atom. The van der Waals surface area contributed by atoms with Crippen molar-refractivity contribution in [3.8, 4) is 0 Å². The van der Waals surface area contributed by atoms with E-state index in [0.29, 0.717) is 25.3 Å². The maximum Gasteiger partial charge on any atom is 0.291 e. The third kappa shape index (κ3) is 4.04. The molecule has 0 aliphatic carbocycles. The first-order valence-electron chi connectivity index (χ1n) is 10.4. The van der Waals surface area contributed by atoms with Crippen LogP contribution in [0, 0.1) is 0 Å². The Morgan fingerprint density at radius 3 is 2.75 bits per heavy atom. The highest BCUT2D eigenvalue weighted by molar-refractivity contribution is 7.89. The number of furan rings is 1. The van der Waals surface area contributed by atoms with E-state index in [-0.39, 0.29) is 10.9 Å². The summed E-state index contributed by atoms with van der Waals surface area (Å²) in [5.74, 6) is -0.619. The van der Waals surface area contributed by atoms with E-state index in [1.807, 2.05) is 35.0 Å². The molecule has 5 heterocycles. The zero-order valence-corrected chi connectivity index (χ0v) is 18.0. The lowest BCUT2D eigenvalue weighted by molar-refractivity contribution is 0.0991. The fourth-order valence-corrected chi connectivity index (χ4v) is 5.18. The molecule has 0 atom stereocenters. The molecule has 0 unspecified atom stereocenters. The van der Waals surface area contributed by atoms with Crippen LogP contribution in [0.15, 0.2) is 64.6 Å². The molecule has 0 saturated carbocycles. The highest BCUT2D eigenvalue weighted by Crippen LogP contribution is 2.23. The number of anilines is 1. The number of hydrogen-bond donors (Lipinski definition) is 1. The molecule has 1 N–H and O–H groups in total. The Labute approximate surface area is 184 Å². The van der Waals surface area contributed by atoms with Crippen molar-refractivity contribution in [1.29, 1.82) is 0 Å². The predicted octanol–water partition coefficient (Wildman–Crippen LogP) is 2.60. The second-order valence-electron chi connectivity index (χ2n) is 7.66. The Morgan fingerprint density at radius 2 is 1.94 bits per heavy atom. The maximum absolute atomic E-state index is 12.7. The summed E-state index contributed by atoms with van der Waals surface area (Å²) in [4.78, 5) is 17.1. The number of carbonyl (C=O) groups is 1. The minimum Gasteiger partial charge on any atom is -0.438 e. The number of amides is 1. The quantitative estimate of drug-likeness (QED) is 0.479. The SMILES string of the molecule is O=C(Nc1cnn(Cc2cn3ccccc3n2)c1)c1ccc(S(=O)(=O)N2CCCCC2)o1. The van der Waals surface area contributed by atoms with Crippen molar-refractivity contribution >= 4 is 27.3 Å². The fraction of sp³-hybridized carbons (Fsp3) is 0.286. The molecule has 5 rings (SSSR count). The van der Waals surface area contributed by atoms with Crippen molar-refractivity contribution in [1.82, 2.24) is 23.5 Å². The molecule has 1 amide bonds. The summed E-state index contributed by atoms with van der Waals surface area (Å²) in [5, 5.41) is 6.72. The molecule has 0 radical (unpaired) electrons. The molecule has 0 bridgehead atoms. The number of nitrogens with one attached hydrogen (secondary N) is 1. The van der Waals surface area contributed by atoms with E-state index in [9.17, 15) is 13.2 Å². The van der Waals surface area contributed by atoms with Crippen LogP contribution < -0.4 is 5.32 Å². The zero-order chi connectivity index (χ0) is 22.1. The first-order chi connectivity index (χ1) is 15.5. The second-order valence-corrected chi connectivity index (χ2v) is 9.53. The van der Waals surface area contributed by atoms with Crippen LogP contribution in [0.1, 0.15) is 35.5 Å². The molecule has 32 heavy (non-hydrogen) atoms. The monoisotopic (exact) mass is 454 g/mol. The van der Waals surface area contributed by atoms with Crippen molar-refractivity contribution in [3.05, 3.63) is 66.6 Å². The van der Waals surface area contributed by atoms with E-state index >= 15 is 0 Å². The van der Waals surface area contributed by atoms with Crippen molar-refractivity contribution in [2.75, 3.05) is 18.4 Å². The van der Waals surface area contributed by atoms with E-state index in [1.54, 1.807) is 10.9 Å². The van der Waals surface area contributed by atoms with Gasteiger partial charge in [-0.15, -0.1) is 0 Å². The van der Waals surface area contributed by atoms with Gasteiger partial charge in [0.2, 0.25) is 5.09 Å². The first kappa shape index (κ1) is 20.5. The normalized spacial score (nSPS) is 15.2. The van der Waals surface area contributed by atoms with E-state index in [1.165, 1.54) is 22.6 Å². The number of hydrogen-bond acceptors (Lipinski definition) is 6. The Kier molecular flexibility index (Phi) is 5.27. The number of aromatic nitrogens is 4. The van der Waals surface area contributed by atoms with Crippen LogP contribution in [0.2, 0.25) is 0 Å². The van der Waals surface area contributed by atoms with Gasteiger partial charge in [0.25, 0.3) is 15.9 Å². The van der Waals surface area contributed by atoms with Gasteiger partial charge >= 0.3 is 0 Å².